The van der Waals surface area contributed by atoms with Gasteiger partial charge in [0, 0.05) is 32.1 Å². The van der Waals surface area contributed by atoms with E-state index >= 15 is 0 Å². The van der Waals surface area contributed by atoms with Gasteiger partial charge in [0.25, 0.3) is 5.89 Å². The molecule has 1 saturated heterocycles. The Bertz CT molecular complexity index is 929. The standard InChI is InChI=1S/C21H24N4O2/c1-14-6-7-18(13-15(14)2)26-17-8-11-25(12-9-17)20-19(5-4-10-22-20)21-23-16(3)24-27-21/h4-7,10,13,17H,8-9,11-12H2,1-3H3. The zero-order chi connectivity index (χ0) is 18.8. The molecular weight excluding hydrogens is 340 g/mol. The maximum absolute atomic E-state index is 6.21. The lowest BCUT2D eigenvalue weighted by atomic mass is 10.1. The molecule has 140 valence electrons. The molecule has 0 atom stereocenters. The molecule has 0 amide bonds. The second-order valence-corrected chi connectivity index (χ2v) is 7.07. The lowest BCUT2D eigenvalue weighted by molar-refractivity contribution is 0.170. The molecule has 0 unspecified atom stereocenters. The zero-order valence-corrected chi connectivity index (χ0v) is 16.0. The number of benzene rings is 1. The highest BCUT2D eigenvalue weighted by Gasteiger charge is 2.24. The van der Waals surface area contributed by atoms with Gasteiger partial charge in [0.05, 0.1) is 5.56 Å². The second-order valence-electron chi connectivity index (χ2n) is 7.07. The molecular formula is C21H24N4O2. The summed E-state index contributed by atoms with van der Waals surface area (Å²) in [6.07, 6.45) is 3.93. The van der Waals surface area contributed by atoms with Gasteiger partial charge >= 0.3 is 0 Å². The van der Waals surface area contributed by atoms with Gasteiger partial charge in [-0.1, -0.05) is 11.2 Å². The topological polar surface area (TPSA) is 64.3 Å². The number of hydrogen-bond donors (Lipinski definition) is 0. The van der Waals surface area contributed by atoms with E-state index in [-0.39, 0.29) is 6.10 Å². The quantitative estimate of drug-likeness (QED) is 0.694. The largest absolute Gasteiger partial charge is 0.490 e. The van der Waals surface area contributed by atoms with Crippen LogP contribution >= 0.6 is 0 Å². The van der Waals surface area contributed by atoms with Gasteiger partial charge in [0.2, 0.25) is 0 Å². The molecule has 0 aliphatic carbocycles. The predicted octanol–water partition coefficient (Wildman–Crippen LogP) is 4.10. The number of anilines is 1. The number of aryl methyl sites for hydroxylation is 3. The third kappa shape index (κ3) is 3.79. The molecule has 6 heteroatoms. The van der Waals surface area contributed by atoms with Crippen LogP contribution in [0.3, 0.4) is 0 Å². The summed E-state index contributed by atoms with van der Waals surface area (Å²) < 4.78 is 11.6. The summed E-state index contributed by atoms with van der Waals surface area (Å²) in [5, 5.41) is 3.90. The fourth-order valence-corrected chi connectivity index (χ4v) is 3.39. The number of pyridine rings is 1. The van der Waals surface area contributed by atoms with Crippen LogP contribution in [0.1, 0.15) is 29.8 Å². The van der Waals surface area contributed by atoms with Crippen LogP contribution in [0.25, 0.3) is 11.5 Å². The average molecular weight is 364 g/mol. The van der Waals surface area contributed by atoms with Crippen molar-refractivity contribution in [2.45, 2.75) is 39.7 Å². The van der Waals surface area contributed by atoms with Gasteiger partial charge in [0.1, 0.15) is 17.7 Å². The fourth-order valence-electron chi connectivity index (χ4n) is 3.39. The van der Waals surface area contributed by atoms with Crippen LogP contribution in [0, 0.1) is 20.8 Å². The highest BCUT2D eigenvalue weighted by atomic mass is 16.5. The molecule has 1 aliphatic rings. The zero-order valence-electron chi connectivity index (χ0n) is 16.0. The van der Waals surface area contributed by atoms with Crippen LogP contribution in [0.4, 0.5) is 5.82 Å². The first-order valence-electron chi connectivity index (χ1n) is 9.35. The van der Waals surface area contributed by atoms with Gasteiger partial charge in [-0.2, -0.15) is 4.98 Å². The first-order chi connectivity index (χ1) is 13.1. The van der Waals surface area contributed by atoms with E-state index in [4.69, 9.17) is 9.26 Å². The first kappa shape index (κ1) is 17.5. The Morgan fingerprint density at radius 2 is 1.89 bits per heavy atom. The maximum Gasteiger partial charge on any atom is 0.261 e. The minimum Gasteiger partial charge on any atom is -0.490 e. The number of nitrogens with zero attached hydrogens (tertiary/aromatic N) is 4. The summed E-state index contributed by atoms with van der Waals surface area (Å²) in [6, 6.07) is 10.2. The molecule has 1 aromatic carbocycles. The number of rotatable bonds is 4. The third-order valence-electron chi connectivity index (χ3n) is 5.07. The first-order valence-corrected chi connectivity index (χ1v) is 9.35. The van der Waals surface area contributed by atoms with Crippen molar-refractivity contribution >= 4 is 5.82 Å². The Labute approximate surface area is 159 Å². The SMILES string of the molecule is Cc1noc(-c2cccnc2N2CCC(Oc3ccc(C)c(C)c3)CC2)n1. The number of aromatic nitrogens is 3. The van der Waals surface area contributed by atoms with Crippen molar-refractivity contribution in [3.05, 3.63) is 53.5 Å². The molecule has 6 nitrogen and oxygen atoms in total. The monoisotopic (exact) mass is 364 g/mol. The molecule has 4 rings (SSSR count). The summed E-state index contributed by atoms with van der Waals surface area (Å²) in [5.41, 5.74) is 3.43. The van der Waals surface area contributed by atoms with E-state index in [1.807, 2.05) is 19.1 Å². The lowest BCUT2D eigenvalue weighted by Gasteiger charge is -2.33. The van der Waals surface area contributed by atoms with Gasteiger partial charge in [-0.05, 0) is 56.2 Å². The van der Waals surface area contributed by atoms with Crippen molar-refractivity contribution in [1.82, 2.24) is 15.1 Å². The van der Waals surface area contributed by atoms with E-state index < -0.39 is 0 Å². The average Bonchev–Trinajstić information content (AvgIpc) is 3.12. The van der Waals surface area contributed by atoms with Crippen LogP contribution in [-0.4, -0.2) is 34.3 Å². The van der Waals surface area contributed by atoms with E-state index in [1.165, 1.54) is 11.1 Å². The molecule has 2 aromatic heterocycles. The molecule has 1 aliphatic heterocycles. The van der Waals surface area contributed by atoms with Crippen LogP contribution in [-0.2, 0) is 0 Å². The van der Waals surface area contributed by atoms with Gasteiger partial charge in [-0.15, -0.1) is 0 Å². The van der Waals surface area contributed by atoms with Crippen molar-refractivity contribution in [3.63, 3.8) is 0 Å². The summed E-state index contributed by atoms with van der Waals surface area (Å²) in [6.45, 7) is 7.82. The van der Waals surface area contributed by atoms with Crippen molar-refractivity contribution in [1.29, 1.82) is 0 Å². The molecule has 1 fully saturated rings. The van der Waals surface area contributed by atoms with Crippen molar-refractivity contribution in [3.8, 4) is 17.2 Å². The predicted molar refractivity (Wildman–Crippen MR) is 104 cm³/mol. The highest BCUT2D eigenvalue weighted by molar-refractivity contribution is 5.69. The number of piperidine rings is 1. The van der Waals surface area contributed by atoms with Crippen LogP contribution in [0.15, 0.2) is 41.1 Å². The van der Waals surface area contributed by atoms with E-state index in [1.54, 1.807) is 6.20 Å². The van der Waals surface area contributed by atoms with Crippen molar-refractivity contribution in [2.24, 2.45) is 0 Å². The van der Waals surface area contributed by atoms with E-state index in [9.17, 15) is 0 Å². The minimum atomic E-state index is 0.223. The van der Waals surface area contributed by atoms with Crippen molar-refractivity contribution in [2.75, 3.05) is 18.0 Å². The Hall–Kier alpha value is -2.89. The summed E-state index contributed by atoms with van der Waals surface area (Å²) in [4.78, 5) is 11.2. The van der Waals surface area contributed by atoms with Gasteiger partial charge in [0.15, 0.2) is 5.82 Å². The lowest BCUT2D eigenvalue weighted by Crippen LogP contribution is -2.39. The van der Waals surface area contributed by atoms with Gasteiger partial charge < -0.3 is 14.2 Å². The molecule has 27 heavy (non-hydrogen) atoms. The Balaban J connectivity index is 1.44. The fraction of sp³-hybridized carbons (Fsp3) is 0.381. The van der Waals surface area contributed by atoms with E-state index in [2.05, 4.69) is 52.1 Å². The summed E-state index contributed by atoms with van der Waals surface area (Å²) in [5.74, 6) is 2.99. The Morgan fingerprint density at radius 1 is 1.07 bits per heavy atom. The van der Waals surface area contributed by atoms with Crippen molar-refractivity contribution < 1.29 is 9.26 Å². The smallest absolute Gasteiger partial charge is 0.261 e. The van der Waals surface area contributed by atoms with Crippen LogP contribution < -0.4 is 9.64 Å². The van der Waals surface area contributed by atoms with E-state index in [0.29, 0.717) is 11.7 Å². The normalized spacial score (nSPS) is 15.1. The highest BCUT2D eigenvalue weighted by Crippen LogP contribution is 2.30. The molecule has 0 radical (unpaired) electrons. The van der Waals surface area contributed by atoms with Crippen LogP contribution in [0.2, 0.25) is 0 Å². The summed E-state index contributed by atoms with van der Waals surface area (Å²) >= 11 is 0. The van der Waals surface area contributed by atoms with E-state index in [0.717, 1.165) is 43.1 Å². The molecule has 0 N–H and O–H groups in total. The number of hydrogen-bond acceptors (Lipinski definition) is 6. The molecule has 3 heterocycles. The summed E-state index contributed by atoms with van der Waals surface area (Å²) in [7, 11) is 0. The molecule has 0 saturated carbocycles. The molecule has 0 spiro atoms. The van der Waals surface area contributed by atoms with Gasteiger partial charge in [-0.3, -0.25) is 0 Å². The Kier molecular flexibility index (Phi) is 4.79. The van der Waals surface area contributed by atoms with Crippen LogP contribution in [0.5, 0.6) is 5.75 Å². The Morgan fingerprint density at radius 3 is 2.59 bits per heavy atom. The van der Waals surface area contributed by atoms with Gasteiger partial charge in [-0.25, -0.2) is 4.98 Å². The maximum atomic E-state index is 6.21. The second kappa shape index (κ2) is 7.39. The number of ether oxygens (including phenoxy) is 1. The molecule has 0 bridgehead atoms. The molecule has 3 aromatic rings. The third-order valence-corrected chi connectivity index (χ3v) is 5.07. The minimum absolute atomic E-state index is 0.223.